The van der Waals surface area contributed by atoms with E-state index in [9.17, 15) is 4.79 Å². The standard InChI is InChI=1S/C13H16ClNO4/c1-17-8-10(14)7-15-13(16)9-2-3-11-12(6-9)19-5-4-18-11/h2-3,6,10H,4-5,7-8H2,1H3,(H,15,16). The van der Waals surface area contributed by atoms with Crippen LogP contribution in [0.5, 0.6) is 11.5 Å². The van der Waals surface area contributed by atoms with Crippen molar-refractivity contribution in [1.29, 1.82) is 0 Å². The smallest absolute Gasteiger partial charge is 0.251 e. The molecule has 0 radical (unpaired) electrons. The van der Waals surface area contributed by atoms with Crippen LogP contribution in [0.25, 0.3) is 0 Å². The fraction of sp³-hybridized carbons (Fsp3) is 0.462. The van der Waals surface area contributed by atoms with E-state index >= 15 is 0 Å². The molecule has 19 heavy (non-hydrogen) atoms. The minimum atomic E-state index is -0.244. The van der Waals surface area contributed by atoms with Gasteiger partial charge in [0.15, 0.2) is 11.5 Å². The highest BCUT2D eigenvalue weighted by atomic mass is 35.5. The average Bonchev–Trinajstić information content (AvgIpc) is 2.44. The van der Waals surface area contributed by atoms with Gasteiger partial charge in [-0.05, 0) is 18.2 Å². The second-order valence-electron chi connectivity index (χ2n) is 4.12. The number of rotatable bonds is 5. The largest absolute Gasteiger partial charge is 0.486 e. The van der Waals surface area contributed by atoms with Gasteiger partial charge in [0.25, 0.3) is 5.91 Å². The minimum Gasteiger partial charge on any atom is -0.486 e. The van der Waals surface area contributed by atoms with E-state index in [-0.39, 0.29) is 11.3 Å². The Morgan fingerprint density at radius 1 is 1.42 bits per heavy atom. The minimum absolute atomic E-state index is 0.196. The number of benzene rings is 1. The molecule has 1 aliphatic rings. The Bertz CT molecular complexity index is 452. The molecule has 1 heterocycles. The topological polar surface area (TPSA) is 56.8 Å². The molecule has 1 aromatic rings. The summed E-state index contributed by atoms with van der Waals surface area (Å²) in [6.07, 6.45) is 0. The van der Waals surface area contributed by atoms with Crippen LogP contribution < -0.4 is 14.8 Å². The van der Waals surface area contributed by atoms with Crippen LogP contribution in [-0.2, 0) is 4.74 Å². The highest BCUT2D eigenvalue weighted by Gasteiger charge is 2.15. The molecule has 1 aliphatic heterocycles. The van der Waals surface area contributed by atoms with Gasteiger partial charge in [0, 0.05) is 19.2 Å². The Labute approximate surface area is 116 Å². The molecule has 0 aromatic heterocycles. The first-order valence-corrected chi connectivity index (χ1v) is 6.45. The summed E-state index contributed by atoms with van der Waals surface area (Å²) >= 11 is 5.94. The Kier molecular flexibility index (Phi) is 4.87. The summed E-state index contributed by atoms with van der Waals surface area (Å²) in [6.45, 7) is 1.77. The molecule has 104 valence electrons. The summed E-state index contributed by atoms with van der Waals surface area (Å²) in [6, 6.07) is 5.10. The molecule has 0 bridgehead atoms. The maximum absolute atomic E-state index is 11.9. The SMILES string of the molecule is COCC(Cl)CNC(=O)c1ccc2c(c1)OCCO2. The van der Waals surface area contributed by atoms with Crippen LogP contribution in [0, 0.1) is 0 Å². The molecule has 0 spiro atoms. The van der Waals surface area contributed by atoms with E-state index in [4.69, 9.17) is 25.8 Å². The molecule has 1 amide bonds. The van der Waals surface area contributed by atoms with E-state index < -0.39 is 0 Å². The zero-order valence-corrected chi connectivity index (χ0v) is 11.4. The number of carbonyl (C=O) groups is 1. The molecule has 1 atom stereocenters. The van der Waals surface area contributed by atoms with Gasteiger partial charge in [0.1, 0.15) is 13.2 Å². The van der Waals surface area contributed by atoms with Crippen LogP contribution in [0.15, 0.2) is 18.2 Å². The van der Waals surface area contributed by atoms with Crippen molar-refractivity contribution in [3.63, 3.8) is 0 Å². The third-order valence-corrected chi connectivity index (χ3v) is 2.92. The molecule has 1 unspecified atom stereocenters. The van der Waals surface area contributed by atoms with Crippen LogP contribution in [0.1, 0.15) is 10.4 Å². The number of halogens is 1. The fourth-order valence-corrected chi connectivity index (χ4v) is 1.93. The molecule has 1 aromatic carbocycles. The van der Waals surface area contributed by atoms with Gasteiger partial charge in [-0.1, -0.05) is 0 Å². The van der Waals surface area contributed by atoms with Crippen LogP contribution in [0.3, 0.4) is 0 Å². The van der Waals surface area contributed by atoms with E-state index in [2.05, 4.69) is 5.32 Å². The second kappa shape index (κ2) is 6.63. The van der Waals surface area contributed by atoms with Gasteiger partial charge in [-0.3, -0.25) is 4.79 Å². The van der Waals surface area contributed by atoms with Gasteiger partial charge in [0.2, 0.25) is 0 Å². The molecule has 1 N–H and O–H groups in total. The van der Waals surface area contributed by atoms with Crippen LogP contribution in [0.2, 0.25) is 0 Å². The summed E-state index contributed by atoms with van der Waals surface area (Å²) in [7, 11) is 1.57. The number of hydrogen-bond donors (Lipinski definition) is 1. The first-order valence-electron chi connectivity index (χ1n) is 6.01. The van der Waals surface area contributed by atoms with E-state index in [1.165, 1.54) is 0 Å². The number of amides is 1. The molecular formula is C13H16ClNO4. The molecule has 6 heteroatoms. The molecule has 0 saturated heterocycles. The highest BCUT2D eigenvalue weighted by Crippen LogP contribution is 2.30. The number of methoxy groups -OCH3 is 1. The number of fused-ring (bicyclic) bond motifs is 1. The Morgan fingerprint density at radius 3 is 2.89 bits per heavy atom. The van der Waals surface area contributed by atoms with Gasteiger partial charge in [0.05, 0.1) is 12.0 Å². The van der Waals surface area contributed by atoms with E-state index in [1.807, 2.05) is 0 Å². The number of nitrogens with one attached hydrogen (secondary N) is 1. The van der Waals surface area contributed by atoms with Crippen molar-refractivity contribution >= 4 is 17.5 Å². The number of ether oxygens (including phenoxy) is 3. The lowest BCUT2D eigenvalue weighted by molar-refractivity contribution is 0.0948. The Balaban J connectivity index is 1.95. The van der Waals surface area contributed by atoms with Gasteiger partial charge in [-0.15, -0.1) is 11.6 Å². The van der Waals surface area contributed by atoms with Crippen LogP contribution >= 0.6 is 11.6 Å². The first-order chi connectivity index (χ1) is 9.20. The van der Waals surface area contributed by atoms with Crippen molar-refractivity contribution in [2.75, 3.05) is 33.5 Å². The molecule has 0 fully saturated rings. The van der Waals surface area contributed by atoms with Gasteiger partial charge >= 0.3 is 0 Å². The summed E-state index contributed by atoms with van der Waals surface area (Å²) in [4.78, 5) is 11.9. The van der Waals surface area contributed by atoms with Crippen LogP contribution in [-0.4, -0.2) is 44.8 Å². The average molecular weight is 286 g/mol. The number of alkyl halides is 1. The van der Waals surface area contributed by atoms with Crippen molar-refractivity contribution in [3.8, 4) is 11.5 Å². The lowest BCUT2D eigenvalue weighted by Crippen LogP contribution is -2.31. The monoisotopic (exact) mass is 285 g/mol. The normalized spacial score (nSPS) is 14.8. The number of carbonyl (C=O) groups excluding carboxylic acids is 1. The highest BCUT2D eigenvalue weighted by molar-refractivity contribution is 6.21. The molecule has 2 rings (SSSR count). The summed E-state index contributed by atoms with van der Waals surface area (Å²) in [5.41, 5.74) is 0.519. The zero-order chi connectivity index (χ0) is 13.7. The quantitative estimate of drug-likeness (QED) is 0.832. The maximum atomic E-state index is 11.9. The van der Waals surface area contributed by atoms with Gasteiger partial charge < -0.3 is 19.5 Å². The predicted octanol–water partition coefficient (Wildman–Crippen LogP) is 1.44. The van der Waals surface area contributed by atoms with Crippen molar-refractivity contribution in [2.24, 2.45) is 0 Å². The fourth-order valence-electron chi connectivity index (χ4n) is 1.73. The molecular weight excluding hydrogens is 270 g/mol. The lowest BCUT2D eigenvalue weighted by Gasteiger charge is -2.18. The Hall–Kier alpha value is -1.46. The molecule has 0 aliphatic carbocycles. The zero-order valence-electron chi connectivity index (χ0n) is 10.6. The predicted molar refractivity (Wildman–Crippen MR) is 71.3 cm³/mol. The van der Waals surface area contributed by atoms with Crippen molar-refractivity contribution in [2.45, 2.75) is 5.38 Å². The molecule has 0 saturated carbocycles. The van der Waals surface area contributed by atoms with E-state index in [1.54, 1.807) is 25.3 Å². The third kappa shape index (κ3) is 3.75. The van der Waals surface area contributed by atoms with E-state index in [0.717, 1.165) is 0 Å². The summed E-state index contributed by atoms with van der Waals surface area (Å²) in [5, 5.41) is 2.50. The number of hydrogen-bond acceptors (Lipinski definition) is 4. The third-order valence-electron chi connectivity index (χ3n) is 2.64. The van der Waals surface area contributed by atoms with Gasteiger partial charge in [-0.2, -0.15) is 0 Å². The van der Waals surface area contributed by atoms with Crippen LogP contribution in [0.4, 0.5) is 0 Å². The van der Waals surface area contributed by atoms with Crippen molar-refractivity contribution in [1.82, 2.24) is 5.32 Å². The maximum Gasteiger partial charge on any atom is 0.251 e. The van der Waals surface area contributed by atoms with Gasteiger partial charge in [-0.25, -0.2) is 0 Å². The van der Waals surface area contributed by atoms with Crippen molar-refractivity contribution in [3.05, 3.63) is 23.8 Å². The summed E-state index contributed by atoms with van der Waals surface area (Å²) in [5.74, 6) is 1.06. The Morgan fingerprint density at radius 2 is 2.16 bits per heavy atom. The first kappa shape index (κ1) is 14.0. The van der Waals surface area contributed by atoms with E-state index in [0.29, 0.717) is 43.4 Å². The van der Waals surface area contributed by atoms with Crippen molar-refractivity contribution < 1.29 is 19.0 Å². The summed E-state index contributed by atoms with van der Waals surface area (Å²) < 4.78 is 15.7. The second-order valence-corrected chi connectivity index (χ2v) is 4.74. The lowest BCUT2D eigenvalue weighted by atomic mass is 10.2. The molecule has 5 nitrogen and oxygen atoms in total.